The van der Waals surface area contributed by atoms with Crippen molar-refractivity contribution in [2.45, 2.75) is 18.9 Å². The van der Waals surface area contributed by atoms with Gasteiger partial charge in [0.2, 0.25) is 5.91 Å². The Bertz CT molecular complexity index is 1050. The number of carbonyl (C=O) groups excluding carboxylic acids is 2. The predicted molar refractivity (Wildman–Crippen MR) is 115 cm³/mol. The largest absolute Gasteiger partial charge is 0.370 e. The number of fused-ring (bicyclic) bond motifs is 1. The number of hydrogen-bond donors (Lipinski definition) is 1. The van der Waals surface area contributed by atoms with Crippen molar-refractivity contribution in [2.75, 3.05) is 19.7 Å². The van der Waals surface area contributed by atoms with Gasteiger partial charge in [-0.25, -0.2) is 0 Å². The zero-order chi connectivity index (χ0) is 20.4. The summed E-state index contributed by atoms with van der Waals surface area (Å²) in [5, 5.41) is 1.65. The van der Waals surface area contributed by atoms with Gasteiger partial charge in [0.1, 0.15) is 6.10 Å². The van der Waals surface area contributed by atoms with Crippen LogP contribution in [0.5, 0.6) is 0 Å². The molecular weight excluding hydrogens is 408 g/mol. The maximum Gasteiger partial charge on any atom is 0.259 e. The van der Waals surface area contributed by atoms with Crippen LogP contribution in [0.25, 0.3) is 10.1 Å². The van der Waals surface area contributed by atoms with Gasteiger partial charge in [-0.2, -0.15) is 0 Å². The molecule has 5 nitrogen and oxygen atoms in total. The van der Waals surface area contributed by atoms with Crippen molar-refractivity contribution in [1.82, 2.24) is 4.90 Å². The summed E-state index contributed by atoms with van der Waals surface area (Å²) in [4.78, 5) is 27.1. The molecule has 3 aromatic rings. The third-order valence-electron chi connectivity index (χ3n) is 5.14. The summed E-state index contributed by atoms with van der Waals surface area (Å²) < 4.78 is 6.96. The van der Waals surface area contributed by atoms with Crippen LogP contribution in [0.15, 0.2) is 48.5 Å². The zero-order valence-electron chi connectivity index (χ0n) is 15.8. The molecule has 1 aliphatic rings. The monoisotopic (exact) mass is 428 g/mol. The molecule has 1 aliphatic heterocycles. The first kappa shape index (κ1) is 19.9. The lowest BCUT2D eigenvalue weighted by Gasteiger charge is -2.33. The molecule has 0 aliphatic carbocycles. The summed E-state index contributed by atoms with van der Waals surface area (Å²) in [6, 6.07) is 15.3. The molecule has 0 radical (unpaired) electrons. The number of rotatable bonds is 5. The number of morpholine rings is 1. The summed E-state index contributed by atoms with van der Waals surface area (Å²) in [7, 11) is 0. The Morgan fingerprint density at radius 2 is 1.93 bits per heavy atom. The van der Waals surface area contributed by atoms with Crippen LogP contribution in [0.1, 0.15) is 33.3 Å². The fourth-order valence-corrected chi connectivity index (χ4v) is 4.91. The van der Waals surface area contributed by atoms with Crippen molar-refractivity contribution >= 4 is 44.8 Å². The Kier molecular flexibility index (Phi) is 5.85. The SMILES string of the molecule is NC(=O)c1sc2ccccc2c1[C@@H]1CN(C(=O)CCc2ccc(Cl)cc2)CCO1. The second-order valence-corrected chi connectivity index (χ2v) is 8.52. The Hall–Kier alpha value is -2.41. The average Bonchev–Trinajstić information content (AvgIpc) is 3.13. The van der Waals surface area contributed by atoms with Crippen molar-refractivity contribution in [3.63, 3.8) is 0 Å². The third kappa shape index (κ3) is 4.29. The molecule has 1 atom stereocenters. The second-order valence-electron chi connectivity index (χ2n) is 7.03. The van der Waals surface area contributed by atoms with Gasteiger partial charge in [0.05, 0.1) is 18.0 Å². The van der Waals surface area contributed by atoms with Gasteiger partial charge >= 0.3 is 0 Å². The number of carbonyl (C=O) groups is 2. The van der Waals surface area contributed by atoms with E-state index in [4.69, 9.17) is 22.1 Å². The molecule has 1 aromatic heterocycles. The quantitative estimate of drug-likeness (QED) is 0.662. The minimum atomic E-state index is -0.462. The summed E-state index contributed by atoms with van der Waals surface area (Å²) in [5.74, 6) is -0.385. The maximum absolute atomic E-state index is 12.8. The first-order valence-corrected chi connectivity index (χ1v) is 10.7. The summed E-state index contributed by atoms with van der Waals surface area (Å²) >= 11 is 7.29. The molecule has 0 bridgehead atoms. The van der Waals surface area contributed by atoms with E-state index < -0.39 is 5.91 Å². The highest BCUT2D eigenvalue weighted by Crippen LogP contribution is 2.38. The summed E-state index contributed by atoms with van der Waals surface area (Å²) in [5.41, 5.74) is 7.50. The van der Waals surface area contributed by atoms with E-state index in [0.29, 0.717) is 42.4 Å². The molecule has 2 N–H and O–H groups in total. The van der Waals surface area contributed by atoms with Crippen molar-refractivity contribution in [2.24, 2.45) is 5.73 Å². The van der Waals surface area contributed by atoms with E-state index in [1.807, 2.05) is 53.4 Å². The molecule has 1 fully saturated rings. The molecule has 0 spiro atoms. The van der Waals surface area contributed by atoms with E-state index in [1.54, 1.807) is 0 Å². The lowest BCUT2D eigenvalue weighted by molar-refractivity contribution is -0.138. The van der Waals surface area contributed by atoms with Gasteiger partial charge in [-0.05, 0) is 35.6 Å². The average molecular weight is 429 g/mol. The number of aryl methyl sites for hydroxylation is 1. The van der Waals surface area contributed by atoms with Gasteiger partial charge < -0.3 is 15.4 Å². The van der Waals surface area contributed by atoms with Crippen molar-refractivity contribution in [3.8, 4) is 0 Å². The number of halogens is 1. The lowest BCUT2D eigenvalue weighted by Crippen LogP contribution is -2.42. The molecule has 0 unspecified atom stereocenters. The number of amides is 2. The second kappa shape index (κ2) is 8.53. The Balaban J connectivity index is 1.50. The minimum absolute atomic E-state index is 0.0772. The van der Waals surface area contributed by atoms with E-state index in [9.17, 15) is 9.59 Å². The highest BCUT2D eigenvalue weighted by Gasteiger charge is 2.30. The van der Waals surface area contributed by atoms with Crippen LogP contribution in [-0.2, 0) is 16.0 Å². The van der Waals surface area contributed by atoms with E-state index >= 15 is 0 Å². The van der Waals surface area contributed by atoms with Crippen LogP contribution in [0.4, 0.5) is 0 Å². The van der Waals surface area contributed by atoms with E-state index in [-0.39, 0.29) is 12.0 Å². The highest BCUT2D eigenvalue weighted by atomic mass is 35.5. The molecule has 1 saturated heterocycles. The molecule has 0 saturated carbocycles. The predicted octanol–water partition coefficient (Wildman–Crippen LogP) is 4.19. The van der Waals surface area contributed by atoms with E-state index in [0.717, 1.165) is 21.2 Å². The molecule has 150 valence electrons. The number of nitrogens with two attached hydrogens (primary N) is 1. The zero-order valence-corrected chi connectivity index (χ0v) is 17.3. The number of primary amides is 1. The van der Waals surface area contributed by atoms with Gasteiger partial charge in [-0.15, -0.1) is 11.3 Å². The minimum Gasteiger partial charge on any atom is -0.370 e. The summed E-state index contributed by atoms with van der Waals surface area (Å²) in [6.07, 6.45) is 0.717. The van der Waals surface area contributed by atoms with Crippen molar-refractivity contribution in [1.29, 1.82) is 0 Å². The maximum atomic E-state index is 12.8. The van der Waals surface area contributed by atoms with Gasteiger partial charge in [0, 0.05) is 28.3 Å². The van der Waals surface area contributed by atoms with Crippen LogP contribution in [0, 0.1) is 0 Å². The fourth-order valence-electron chi connectivity index (χ4n) is 3.68. The normalized spacial score (nSPS) is 16.9. The Labute approximate surface area is 178 Å². The number of thiophene rings is 1. The number of nitrogens with zero attached hydrogens (tertiary/aromatic N) is 1. The van der Waals surface area contributed by atoms with Gasteiger partial charge in [0.25, 0.3) is 5.91 Å². The van der Waals surface area contributed by atoms with E-state index in [1.165, 1.54) is 11.3 Å². The molecule has 4 rings (SSSR count). The van der Waals surface area contributed by atoms with Crippen LogP contribution in [0.3, 0.4) is 0 Å². The fraction of sp³-hybridized carbons (Fsp3) is 0.273. The molecule has 7 heteroatoms. The lowest BCUT2D eigenvalue weighted by atomic mass is 10.0. The molecule has 2 amide bonds. The van der Waals surface area contributed by atoms with Crippen molar-refractivity contribution in [3.05, 3.63) is 69.6 Å². The third-order valence-corrected chi connectivity index (χ3v) is 6.59. The number of hydrogen-bond acceptors (Lipinski definition) is 4. The molecule has 2 aromatic carbocycles. The van der Waals surface area contributed by atoms with Crippen LogP contribution in [-0.4, -0.2) is 36.4 Å². The highest BCUT2D eigenvalue weighted by molar-refractivity contribution is 7.21. The smallest absolute Gasteiger partial charge is 0.259 e. The first-order chi connectivity index (χ1) is 14.0. The number of benzene rings is 2. The standard InChI is InChI=1S/C22H21ClN2O3S/c23-15-8-5-14(6-9-15)7-10-19(26)25-11-12-28-17(13-25)20-16-3-1-2-4-18(16)29-21(20)22(24)27/h1-6,8-9,17H,7,10-13H2,(H2,24,27)/t17-/m0/s1. The Morgan fingerprint density at radius 3 is 2.69 bits per heavy atom. The summed E-state index contributed by atoms with van der Waals surface area (Å²) in [6.45, 7) is 1.39. The van der Waals surface area contributed by atoms with Crippen molar-refractivity contribution < 1.29 is 14.3 Å². The van der Waals surface area contributed by atoms with Crippen LogP contribution >= 0.6 is 22.9 Å². The van der Waals surface area contributed by atoms with Crippen LogP contribution in [0.2, 0.25) is 5.02 Å². The topological polar surface area (TPSA) is 72.6 Å². The molecule has 2 heterocycles. The molecule has 29 heavy (non-hydrogen) atoms. The van der Waals surface area contributed by atoms with Gasteiger partial charge in [-0.1, -0.05) is 41.9 Å². The Morgan fingerprint density at radius 1 is 1.17 bits per heavy atom. The number of ether oxygens (including phenoxy) is 1. The molecular formula is C22H21ClN2O3S. The van der Waals surface area contributed by atoms with Crippen LogP contribution < -0.4 is 5.73 Å². The van der Waals surface area contributed by atoms with Gasteiger partial charge in [0.15, 0.2) is 0 Å². The van der Waals surface area contributed by atoms with Gasteiger partial charge in [-0.3, -0.25) is 9.59 Å². The van der Waals surface area contributed by atoms with E-state index in [2.05, 4.69) is 0 Å². The first-order valence-electron chi connectivity index (χ1n) is 9.48.